The molecule has 5 heteroatoms. The number of methoxy groups -OCH3 is 1. The van der Waals surface area contributed by atoms with E-state index < -0.39 is 0 Å². The fourth-order valence-corrected chi connectivity index (χ4v) is 4.36. The molecule has 2 saturated heterocycles. The molecule has 2 aromatic carbocycles. The summed E-state index contributed by atoms with van der Waals surface area (Å²) in [7, 11) is 1.70. The Morgan fingerprint density at radius 1 is 1.03 bits per heavy atom. The van der Waals surface area contributed by atoms with Crippen molar-refractivity contribution in [3.63, 3.8) is 0 Å². The summed E-state index contributed by atoms with van der Waals surface area (Å²) in [5.41, 5.74) is 3.48. The summed E-state index contributed by atoms with van der Waals surface area (Å²) in [6, 6.07) is 16.7. The number of para-hydroxylation sites is 1. The van der Waals surface area contributed by atoms with Gasteiger partial charge in [0.05, 0.1) is 26.4 Å². The number of hydrogen-bond donors (Lipinski definition) is 0. The minimum absolute atomic E-state index is 0.00394. The van der Waals surface area contributed by atoms with Crippen LogP contribution in [0.25, 0.3) is 11.1 Å². The lowest BCUT2D eigenvalue weighted by atomic mass is 9.98. The maximum Gasteiger partial charge on any atom is 0.240 e. The Kier molecular flexibility index (Phi) is 6.47. The summed E-state index contributed by atoms with van der Waals surface area (Å²) < 4.78 is 10.9. The Balaban J connectivity index is 1.46. The second-order valence-electron chi connectivity index (χ2n) is 7.82. The summed E-state index contributed by atoms with van der Waals surface area (Å²) in [5.74, 6) is 1.16. The fourth-order valence-electron chi connectivity index (χ4n) is 4.36. The lowest BCUT2D eigenvalue weighted by Crippen LogP contribution is -2.53. The van der Waals surface area contributed by atoms with Crippen molar-refractivity contribution in [2.45, 2.75) is 31.8 Å². The molecule has 1 atom stereocenters. The van der Waals surface area contributed by atoms with Gasteiger partial charge in [0.25, 0.3) is 0 Å². The molecule has 4 rings (SSSR count). The first-order chi connectivity index (χ1) is 14.3. The average molecular weight is 395 g/mol. The zero-order chi connectivity index (χ0) is 20.1. The monoisotopic (exact) mass is 394 g/mol. The number of carbonyl (C=O) groups is 1. The molecule has 0 N–H and O–H groups in total. The summed E-state index contributed by atoms with van der Waals surface area (Å²) in [5, 5.41) is 0. The van der Waals surface area contributed by atoms with Gasteiger partial charge >= 0.3 is 0 Å². The molecule has 1 amide bonds. The van der Waals surface area contributed by atoms with Crippen LogP contribution >= 0.6 is 0 Å². The summed E-state index contributed by atoms with van der Waals surface area (Å²) in [6.45, 7) is 4.54. The van der Waals surface area contributed by atoms with Crippen LogP contribution in [0.5, 0.6) is 5.75 Å². The van der Waals surface area contributed by atoms with Gasteiger partial charge in [0.1, 0.15) is 5.75 Å². The van der Waals surface area contributed by atoms with Crippen LogP contribution in [0.4, 0.5) is 0 Å². The Hall–Kier alpha value is -2.37. The zero-order valence-corrected chi connectivity index (χ0v) is 17.2. The van der Waals surface area contributed by atoms with Gasteiger partial charge in [-0.3, -0.25) is 9.69 Å². The predicted molar refractivity (Wildman–Crippen MR) is 114 cm³/mol. The Bertz CT molecular complexity index is 815. The zero-order valence-electron chi connectivity index (χ0n) is 17.2. The molecule has 0 aliphatic carbocycles. The number of morpholine rings is 1. The smallest absolute Gasteiger partial charge is 0.240 e. The highest BCUT2D eigenvalue weighted by molar-refractivity contribution is 5.82. The quantitative estimate of drug-likeness (QED) is 0.777. The number of nitrogens with zero attached hydrogens (tertiary/aromatic N) is 2. The maximum absolute atomic E-state index is 13.1. The van der Waals surface area contributed by atoms with Gasteiger partial charge in [-0.05, 0) is 36.6 Å². The third-order valence-corrected chi connectivity index (χ3v) is 5.98. The number of hydrogen-bond acceptors (Lipinski definition) is 4. The molecular formula is C24H30N2O3. The number of amides is 1. The molecule has 0 aromatic heterocycles. The standard InChI is InChI=1S/C24H30N2O3/c1-28-23-8-3-2-6-21(23)20-11-9-19(10-12-20)18-26-13-5-4-7-22(26)24(27)25-14-16-29-17-15-25/h2-3,6,8-12,22H,4-5,7,13-18H2,1H3. The summed E-state index contributed by atoms with van der Waals surface area (Å²) >= 11 is 0. The minimum atomic E-state index is -0.00394. The summed E-state index contributed by atoms with van der Waals surface area (Å²) in [4.78, 5) is 17.4. The van der Waals surface area contributed by atoms with E-state index in [1.165, 1.54) is 5.56 Å². The first-order valence-electron chi connectivity index (χ1n) is 10.6. The maximum atomic E-state index is 13.1. The van der Waals surface area contributed by atoms with Gasteiger partial charge in [-0.15, -0.1) is 0 Å². The van der Waals surface area contributed by atoms with Crippen LogP contribution < -0.4 is 4.74 Å². The molecule has 2 fully saturated rings. The van der Waals surface area contributed by atoms with Crippen molar-refractivity contribution in [3.8, 4) is 16.9 Å². The van der Waals surface area contributed by atoms with E-state index in [9.17, 15) is 4.79 Å². The first-order valence-corrected chi connectivity index (χ1v) is 10.6. The molecule has 0 bridgehead atoms. The molecule has 29 heavy (non-hydrogen) atoms. The fraction of sp³-hybridized carbons (Fsp3) is 0.458. The van der Waals surface area contributed by atoms with E-state index in [0.717, 1.165) is 62.3 Å². The van der Waals surface area contributed by atoms with Gasteiger partial charge < -0.3 is 14.4 Å². The Morgan fingerprint density at radius 2 is 1.79 bits per heavy atom. The van der Waals surface area contributed by atoms with Gasteiger partial charge in [-0.1, -0.05) is 48.9 Å². The van der Waals surface area contributed by atoms with Gasteiger partial charge in [0.15, 0.2) is 0 Å². The summed E-state index contributed by atoms with van der Waals surface area (Å²) in [6.07, 6.45) is 3.24. The lowest BCUT2D eigenvalue weighted by Gasteiger charge is -2.38. The predicted octanol–water partition coefficient (Wildman–Crippen LogP) is 3.58. The number of benzene rings is 2. The largest absolute Gasteiger partial charge is 0.496 e. The van der Waals surface area contributed by atoms with Gasteiger partial charge in [-0.25, -0.2) is 0 Å². The third kappa shape index (κ3) is 4.62. The molecular weight excluding hydrogens is 364 g/mol. The number of ether oxygens (including phenoxy) is 2. The molecule has 0 spiro atoms. The highest BCUT2D eigenvalue weighted by atomic mass is 16.5. The molecule has 2 heterocycles. The van der Waals surface area contributed by atoms with E-state index in [0.29, 0.717) is 13.2 Å². The molecule has 5 nitrogen and oxygen atoms in total. The highest BCUT2D eigenvalue weighted by Gasteiger charge is 2.32. The van der Waals surface area contributed by atoms with Gasteiger partial charge in [-0.2, -0.15) is 0 Å². The SMILES string of the molecule is COc1ccccc1-c1ccc(CN2CCCCC2C(=O)N2CCOCC2)cc1. The molecule has 2 aliphatic rings. The molecule has 0 saturated carbocycles. The average Bonchev–Trinajstić information content (AvgIpc) is 2.80. The Labute approximate surface area is 173 Å². The van der Waals surface area contributed by atoms with Crippen molar-refractivity contribution >= 4 is 5.91 Å². The van der Waals surface area contributed by atoms with E-state index >= 15 is 0 Å². The third-order valence-electron chi connectivity index (χ3n) is 5.98. The number of piperidine rings is 1. The lowest BCUT2D eigenvalue weighted by molar-refractivity contribution is -0.142. The molecule has 2 aliphatic heterocycles. The first kappa shape index (κ1) is 19.9. The van der Waals surface area contributed by atoms with E-state index in [1.54, 1.807) is 7.11 Å². The number of rotatable bonds is 5. The molecule has 1 unspecified atom stereocenters. The second kappa shape index (κ2) is 9.42. The van der Waals surface area contributed by atoms with Crippen LogP contribution in [0, 0.1) is 0 Å². The van der Waals surface area contributed by atoms with Crippen LogP contribution in [0.2, 0.25) is 0 Å². The van der Waals surface area contributed by atoms with Crippen molar-refractivity contribution in [3.05, 3.63) is 54.1 Å². The van der Waals surface area contributed by atoms with E-state index in [4.69, 9.17) is 9.47 Å². The van der Waals surface area contributed by atoms with E-state index in [1.807, 2.05) is 23.1 Å². The Morgan fingerprint density at radius 3 is 2.55 bits per heavy atom. The highest BCUT2D eigenvalue weighted by Crippen LogP contribution is 2.30. The van der Waals surface area contributed by atoms with Crippen molar-refractivity contribution in [1.29, 1.82) is 0 Å². The topological polar surface area (TPSA) is 42.0 Å². The van der Waals surface area contributed by atoms with E-state index in [2.05, 4.69) is 35.2 Å². The van der Waals surface area contributed by atoms with Crippen molar-refractivity contribution in [2.24, 2.45) is 0 Å². The van der Waals surface area contributed by atoms with Crippen LogP contribution in [-0.2, 0) is 16.1 Å². The normalized spacial score (nSPS) is 20.4. The number of likely N-dealkylation sites (tertiary alicyclic amines) is 1. The van der Waals surface area contributed by atoms with Crippen molar-refractivity contribution in [1.82, 2.24) is 9.80 Å². The van der Waals surface area contributed by atoms with Crippen LogP contribution in [0.1, 0.15) is 24.8 Å². The molecule has 154 valence electrons. The van der Waals surface area contributed by atoms with Crippen molar-refractivity contribution in [2.75, 3.05) is 40.0 Å². The number of carbonyl (C=O) groups excluding carboxylic acids is 1. The van der Waals surface area contributed by atoms with Crippen LogP contribution in [-0.4, -0.2) is 61.7 Å². The van der Waals surface area contributed by atoms with Gasteiger partial charge in [0, 0.05) is 25.2 Å². The van der Waals surface area contributed by atoms with E-state index in [-0.39, 0.29) is 11.9 Å². The van der Waals surface area contributed by atoms with Crippen LogP contribution in [0.15, 0.2) is 48.5 Å². The van der Waals surface area contributed by atoms with Gasteiger partial charge in [0.2, 0.25) is 5.91 Å². The molecule has 2 aromatic rings. The van der Waals surface area contributed by atoms with Crippen LogP contribution in [0.3, 0.4) is 0 Å². The van der Waals surface area contributed by atoms with Crippen molar-refractivity contribution < 1.29 is 14.3 Å². The second-order valence-corrected chi connectivity index (χ2v) is 7.82. The minimum Gasteiger partial charge on any atom is -0.496 e. The molecule has 0 radical (unpaired) electrons.